The number of aliphatic hydroxyl groups is 2. The first kappa shape index (κ1) is 25.5. The van der Waals surface area contributed by atoms with Gasteiger partial charge in [0, 0.05) is 12.3 Å². The van der Waals surface area contributed by atoms with Crippen molar-refractivity contribution in [1.82, 2.24) is 0 Å². The van der Waals surface area contributed by atoms with Crippen LogP contribution >= 0.6 is 23.5 Å². The molecule has 0 aliphatic heterocycles. The van der Waals surface area contributed by atoms with Gasteiger partial charge < -0.3 is 14.9 Å². The second-order valence-corrected chi connectivity index (χ2v) is 9.84. The summed E-state index contributed by atoms with van der Waals surface area (Å²) in [7, 11) is 0. The molecule has 162 valence electrons. The standard InChI is InChI=1S/C21H36O5S2/c1-4-5-6-8-16(22)9-10-17-18(23)13-19(24)21(17)28-12-7-11-27-14-20(25)26-15(2)3/h5-6,15-18,21-23H,4,7-14H2,1-3H3/b6-5+/t16-,17+,18-,21-/m1/s1. The van der Waals surface area contributed by atoms with E-state index in [1.54, 1.807) is 23.5 Å². The SMILES string of the molecule is CC/C=C/C[C@@H](O)CC[C@H]1[C@H](O)CC(=O)[C@@H]1SCCCSCC(=O)OC(C)C. The Bertz CT molecular complexity index is 495. The minimum absolute atomic E-state index is 0.0732. The highest BCUT2D eigenvalue weighted by molar-refractivity contribution is 8.01. The lowest BCUT2D eigenvalue weighted by molar-refractivity contribution is -0.144. The third kappa shape index (κ3) is 10.3. The van der Waals surface area contributed by atoms with Gasteiger partial charge in [0.1, 0.15) is 5.78 Å². The van der Waals surface area contributed by atoms with Crippen molar-refractivity contribution < 1.29 is 24.5 Å². The van der Waals surface area contributed by atoms with Crippen molar-refractivity contribution in [3.05, 3.63) is 12.2 Å². The summed E-state index contributed by atoms with van der Waals surface area (Å²) in [6.45, 7) is 5.73. The Hall–Kier alpha value is -0.500. The van der Waals surface area contributed by atoms with Crippen LogP contribution in [0.4, 0.5) is 0 Å². The van der Waals surface area contributed by atoms with E-state index in [1.165, 1.54) is 0 Å². The van der Waals surface area contributed by atoms with Crippen LogP contribution in [0, 0.1) is 5.92 Å². The number of aliphatic hydroxyl groups excluding tert-OH is 2. The van der Waals surface area contributed by atoms with Gasteiger partial charge in [0.05, 0.1) is 29.3 Å². The topological polar surface area (TPSA) is 83.8 Å². The number of carbonyl (C=O) groups excluding carboxylic acids is 2. The Morgan fingerprint density at radius 3 is 2.75 bits per heavy atom. The smallest absolute Gasteiger partial charge is 0.316 e. The van der Waals surface area contributed by atoms with Gasteiger partial charge in [0.15, 0.2) is 0 Å². The molecule has 0 unspecified atom stereocenters. The first-order chi connectivity index (χ1) is 13.3. The molecule has 0 radical (unpaired) electrons. The normalized spacial score (nSPS) is 23.6. The summed E-state index contributed by atoms with van der Waals surface area (Å²) in [6.07, 6.45) is 6.92. The zero-order valence-electron chi connectivity index (χ0n) is 17.3. The van der Waals surface area contributed by atoms with Crippen LogP contribution in [0.25, 0.3) is 0 Å². The van der Waals surface area contributed by atoms with E-state index in [4.69, 9.17) is 4.74 Å². The Labute approximate surface area is 178 Å². The van der Waals surface area contributed by atoms with Gasteiger partial charge in [-0.05, 0) is 57.5 Å². The maximum absolute atomic E-state index is 12.2. The van der Waals surface area contributed by atoms with E-state index in [0.717, 1.165) is 24.3 Å². The summed E-state index contributed by atoms with van der Waals surface area (Å²) in [5.41, 5.74) is 0. The first-order valence-corrected chi connectivity index (χ1v) is 12.5. The van der Waals surface area contributed by atoms with Crippen LogP contribution in [0.2, 0.25) is 0 Å². The Morgan fingerprint density at radius 2 is 2.07 bits per heavy atom. The fourth-order valence-corrected chi connectivity index (χ4v) is 5.54. The fraction of sp³-hybridized carbons (Fsp3) is 0.810. The molecule has 0 amide bonds. The minimum Gasteiger partial charge on any atom is -0.462 e. The number of hydrogen-bond donors (Lipinski definition) is 2. The van der Waals surface area contributed by atoms with Crippen LogP contribution in [0.3, 0.4) is 0 Å². The molecule has 2 N–H and O–H groups in total. The number of ether oxygens (including phenoxy) is 1. The van der Waals surface area contributed by atoms with Crippen molar-refractivity contribution in [3.63, 3.8) is 0 Å². The second-order valence-electron chi connectivity index (χ2n) is 7.48. The van der Waals surface area contributed by atoms with Crippen LogP contribution < -0.4 is 0 Å². The van der Waals surface area contributed by atoms with Crippen molar-refractivity contribution >= 4 is 35.3 Å². The van der Waals surface area contributed by atoms with Gasteiger partial charge >= 0.3 is 5.97 Å². The lowest BCUT2D eigenvalue weighted by Crippen LogP contribution is -2.25. The predicted molar refractivity (Wildman–Crippen MR) is 118 cm³/mol. The van der Waals surface area contributed by atoms with Crippen molar-refractivity contribution in [1.29, 1.82) is 0 Å². The number of esters is 1. The molecular formula is C21H36O5S2. The van der Waals surface area contributed by atoms with Gasteiger partial charge in [0.2, 0.25) is 0 Å². The molecular weight excluding hydrogens is 396 g/mol. The molecule has 1 fully saturated rings. The average molecular weight is 433 g/mol. The zero-order valence-corrected chi connectivity index (χ0v) is 19.0. The van der Waals surface area contributed by atoms with Crippen LogP contribution in [0.15, 0.2) is 12.2 Å². The molecule has 0 aromatic heterocycles. The van der Waals surface area contributed by atoms with Crippen LogP contribution in [0.1, 0.15) is 59.3 Å². The van der Waals surface area contributed by atoms with E-state index >= 15 is 0 Å². The number of allylic oxidation sites excluding steroid dienone is 1. The lowest BCUT2D eigenvalue weighted by atomic mass is 9.96. The summed E-state index contributed by atoms with van der Waals surface area (Å²) in [5, 5.41) is 20.2. The number of carbonyl (C=O) groups is 2. The average Bonchev–Trinajstić information content (AvgIpc) is 2.88. The van der Waals surface area contributed by atoms with E-state index < -0.39 is 12.2 Å². The molecule has 0 bridgehead atoms. The second kappa shape index (κ2) is 14.5. The molecule has 1 aliphatic rings. The van der Waals surface area contributed by atoms with Gasteiger partial charge in [0.25, 0.3) is 0 Å². The van der Waals surface area contributed by atoms with E-state index in [-0.39, 0.29) is 35.4 Å². The molecule has 0 spiro atoms. The quantitative estimate of drug-likeness (QED) is 0.246. The molecule has 1 rings (SSSR count). The molecule has 0 aromatic carbocycles. The highest BCUT2D eigenvalue weighted by Crippen LogP contribution is 2.36. The Balaban J connectivity index is 2.28. The molecule has 4 atom stereocenters. The molecule has 7 heteroatoms. The van der Waals surface area contributed by atoms with E-state index in [2.05, 4.69) is 6.92 Å². The molecule has 1 aliphatic carbocycles. The molecule has 0 heterocycles. The minimum atomic E-state index is -0.594. The number of thioether (sulfide) groups is 2. The lowest BCUT2D eigenvalue weighted by Gasteiger charge is -2.21. The van der Waals surface area contributed by atoms with Crippen LogP contribution in [0.5, 0.6) is 0 Å². The monoisotopic (exact) mass is 432 g/mol. The molecule has 5 nitrogen and oxygen atoms in total. The Morgan fingerprint density at radius 1 is 1.32 bits per heavy atom. The van der Waals surface area contributed by atoms with Gasteiger partial charge in [-0.1, -0.05) is 19.1 Å². The van der Waals surface area contributed by atoms with Crippen molar-refractivity contribution in [2.45, 2.75) is 82.9 Å². The maximum Gasteiger partial charge on any atom is 0.316 e. The number of hydrogen-bond acceptors (Lipinski definition) is 7. The van der Waals surface area contributed by atoms with E-state index in [9.17, 15) is 19.8 Å². The van der Waals surface area contributed by atoms with Crippen molar-refractivity contribution in [2.24, 2.45) is 5.92 Å². The van der Waals surface area contributed by atoms with Crippen LogP contribution in [-0.2, 0) is 14.3 Å². The zero-order chi connectivity index (χ0) is 20.9. The van der Waals surface area contributed by atoms with Gasteiger partial charge in [-0.15, -0.1) is 0 Å². The number of rotatable bonds is 14. The van der Waals surface area contributed by atoms with Crippen molar-refractivity contribution in [2.75, 3.05) is 17.3 Å². The first-order valence-electron chi connectivity index (χ1n) is 10.3. The third-order valence-corrected chi connectivity index (χ3v) is 7.09. The van der Waals surface area contributed by atoms with Gasteiger partial charge in [-0.25, -0.2) is 0 Å². The number of ketones is 1. The summed E-state index contributed by atoms with van der Waals surface area (Å²) in [5.74, 6) is 1.89. The predicted octanol–water partition coefficient (Wildman–Crippen LogP) is 3.61. The molecule has 0 aromatic rings. The third-order valence-electron chi connectivity index (χ3n) is 4.57. The summed E-state index contributed by atoms with van der Waals surface area (Å²) < 4.78 is 5.09. The van der Waals surface area contributed by atoms with Gasteiger partial charge in [-0.2, -0.15) is 23.5 Å². The summed E-state index contributed by atoms with van der Waals surface area (Å²) in [6, 6.07) is 0. The Kier molecular flexibility index (Phi) is 13.2. The number of Topliss-reactive ketones (excluding diaryl/α,β-unsaturated/α-hetero) is 1. The van der Waals surface area contributed by atoms with Gasteiger partial charge in [-0.3, -0.25) is 9.59 Å². The summed E-state index contributed by atoms with van der Waals surface area (Å²) >= 11 is 3.16. The molecule has 28 heavy (non-hydrogen) atoms. The van der Waals surface area contributed by atoms with E-state index in [0.29, 0.717) is 25.0 Å². The van der Waals surface area contributed by atoms with Crippen molar-refractivity contribution in [3.8, 4) is 0 Å². The summed E-state index contributed by atoms with van der Waals surface area (Å²) in [4.78, 5) is 23.7. The largest absolute Gasteiger partial charge is 0.462 e. The highest BCUT2D eigenvalue weighted by atomic mass is 32.2. The molecule has 0 saturated heterocycles. The molecule has 1 saturated carbocycles. The van der Waals surface area contributed by atoms with E-state index in [1.807, 2.05) is 26.0 Å². The maximum atomic E-state index is 12.2. The highest BCUT2D eigenvalue weighted by Gasteiger charge is 2.41. The van der Waals surface area contributed by atoms with Crippen LogP contribution in [-0.4, -0.2) is 62.8 Å². The fourth-order valence-electron chi connectivity index (χ4n) is 3.22.